The van der Waals surface area contributed by atoms with E-state index in [-0.39, 0.29) is 5.41 Å². The Bertz CT molecular complexity index is 432. The predicted octanol–water partition coefficient (Wildman–Crippen LogP) is 1.82. The van der Waals surface area contributed by atoms with Crippen molar-refractivity contribution in [2.45, 2.75) is 13.5 Å². The molecule has 3 heteroatoms. The Labute approximate surface area is 108 Å². The molecule has 1 fully saturated rings. The molecule has 1 aromatic rings. The van der Waals surface area contributed by atoms with Gasteiger partial charge >= 0.3 is 0 Å². The number of ether oxygens (including phenoxy) is 2. The van der Waals surface area contributed by atoms with Gasteiger partial charge in [0.2, 0.25) is 0 Å². The van der Waals surface area contributed by atoms with E-state index in [0.29, 0.717) is 6.61 Å². The van der Waals surface area contributed by atoms with Crippen LogP contribution in [0.15, 0.2) is 24.3 Å². The third-order valence-corrected chi connectivity index (χ3v) is 3.05. The van der Waals surface area contributed by atoms with Crippen LogP contribution in [0.5, 0.6) is 5.75 Å². The van der Waals surface area contributed by atoms with Gasteiger partial charge in [0.15, 0.2) is 0 Å². The van der Waals surface area contributed by atoms with Gasteiger partial charge in [0.05, 0.1) is 13.2 Å². The van der Waals surface area contributed by atoms with Crippen molar-refractivity contribution in [1.29, 1.82) is 0 Å². The van der Waals surface area contributed by atoms with E-state index in [4.69, 9.17) is 15.9 Å². The Morgan fingerprint density at radius 3 is 2.89 bits per heavy atom. The van der Waals surface area contributed by atoms with E-state index >= 15 is 0 Å². The zero-order valence-corrected chi connectivity index (χ0v) is 10.7. The number of nitrogens with one attached hydrogen (secondary N) is 1. The van der Waals surface area contributed by atoms with E-state index in [0.717, 1.165) is 37.6 Å². The summed E-state index contributed by atoms with van der Waals surface area (Å²) in [6.45, 7) is 5.96. The van der Waals surface area contributed by atoms with Crippen LogP contribution in [-0.4, -0.2) is 26.4 Å². The molecule has 0 bridgehead atoms. The summed E-state index contributed by atoms with van der Waals surface area (Å²) in [5, 5.41) is 3.45. The Kier molecular flexibility index (Phi) is 4.24. The normalized spacial score (nSPS) is 16.7. The van der Waals surface area contributed by atoms with Crippen molar-refractivity contribution in [3.63, 3.8) is 0 Å². The molecule has 2 rings (SSSR count). The number of rotatable bonds is 6. The van der Waals surface area contributed by atoms with Crippen LogP contribution in [0.25, 0.3) is 0 Å². The second-order valence-corrected chi connectivity index (χ2v) is 5.01. The standard InChI is InChI=1S/C15H19NO2/c1-3-8-18-14-7-5-4-6-13(14)9-16-10-15(2)11-17-12-15/h1,4-7,16H,8-12H2,2H3. The molecule has 0 atom stereocenters. The lowest BCUT2D eigenvalue weighted by Crippen LogP contribution is -2.47. The zero-order valence-electron chi connectivity index (χ0n) is 10.7. The van der Waals surface area contributed by atoms with E-state index in [9.17, 15) is 0 Å². The molecular weight excluding hydrogens is 226 g/mol. The van der Waals surface area contributed by atoms with Crippen LogP contribution >= 0.6 is 0 Å². The van der Waals surface area contributed by atoms with Crippen LogP contribution in [0.4, 0.5) is 0 Å². The quantitative estimate of drug-likeness (QED) is 0.776. The molecule has 18 heavy (non-hydrogen) atoms. The van der Waals surface area contributed by atoms with Gasteiger partial charge in [-0.15, -0.1) is 6.42 Å². The monoisotopic (exact) mass is 245 g/mol. The Morgan fingerprint density at radius 2 is 2.22 bits per heavy atom. The lowest BCUT2D eigenvalue weighted by molar-refractivity contribution is -0.0991. The Morgan fingerprint density at radius 1 is 1.44 bits per heavy atom. The Balaban J connectivity index is 1.86. The van der Waals surface area contributed by atoms with Gasteiger partial charge in [0.25, 0.3) is 0 Å². The van der Waals surface area contributed by atoms with Gasteiger partial charge in [0.1, 0.15) is 12.4 Å². The second kappa shape index (κ2) is 5.90. The van der Waals surface area contributed by atoms with Crippen molar-refractivity contribution in [3.05, 3.63) is 29.8 Å². The van der Waals surface area contributed by atoms with E-state index in [1.807, 2.05) is 18.2 Å². The first kappa shape index (κ1) is 12.9. The first-order valence-corrected chi connectivity index (χ1v) is 6.16. The van der Waals surface area contributed by atoms with Gasteiger partial charge in [-0.1, -0.05) is 31.0 Å². The molecule has 1 saturated heterocycles. The van der Waals surface area contributed by atoms with Crippen LogP contribution in [0.2, 0.25) is 0 Å². The summed E-state index contributed by atoms with van der Waals surface area (Å²) in [7, 11) is 0. The van der Waals surface area contributed by atoms with Crippen molar-refractivity contribution >= 4 is 0 Å². The van der Waals surface area contributed by atoms with Gasteiger partial charge in [0, 0.05) is 24.1 Å². The van der Waals surface area contributed by atoms with Crippen molar-refractivity contribution in [2.24, 2.45) is 5.41 Å². The average Bonchev–Trinajstić information content (AvgIpc) is 2.35. The molecule has 1 aliphatic heterocycles. The van der Waals surface area contributed by atoms with Crippen molar-refractivity contribution in [2.75, 3.05) is 26.4 Å². The van der Waals surface area contributed by atoms with E-state index in [1.54, 1.807) is 0 Å². The van der Waals surface area contributed by atoms with Gasteiger partial charge in [-0.05, 0) is 6.07 Å². The zero-order chi connectivity index (χ0) is 12.8. The number of hydrogen-bond acceptors (Lipinski definition) is 3. The highest BCUT2D eigenvalue weighted by Gasteiger charge is 2.32. The van der Waals surface area contributed by atoms with E-state index < -0.39 is 0 Å². The maximum atomic E-state index is 5.51. The smallest absolute Gasteiger partial charge is 0.148 e. The topological polar surface area (TPSA) is 30.5 Å². The molecule has 0 aliphatic carbocycles. The predicted molar refractivity (Wildman–Crippen MR) is 71.4 cm³/mol. The third kappa shape index (κ3) is 3.25. The highest BCUT2D eigenvalue weighted by Crippen LogP contribution is 2.25. The largest absolute Gasteiger partial charge is 0.481 e. The van der Waals surface area contributed by atoms with Crippen LogP contribution in [0.1, 0.15) is 12.5 Å². The molecule has 0 aromatic heterocycles. The van der Waals surface area contributed by atoms with Gasteiger partial charge < -0.3 is 14.8 Å². The summed E-state index contributed by atoms with van der Waals surface area (Å²) in [6.07, 6.45) is 5.20. The fourth-order valence-electron chi connectivity index (χ4n) is 1.96. The number of para-hydroxylation sites is 1. The highest BCUT2D eigenvalue weighted by atomic mass is 16.5. The summed E-state index contributed by atoms with van der Waals surface area (Å²) >= 11 is 0. The lowest BCUT2D eigenvalue weighted by Gasteiger charge is -2.38. The molecule has 0 radical (unpaired) electrons. The fourth-order valence-corrected chi connectivity index (χ4v) is 1.96. The first-order valence-electron chi connectivity index (χ1n) is 6.16. The van der Waals surface area contributed by atoms with Crippen LogP contribution in [-0.2, 0) is 11.3 Å². The summed E-state index contributed by atoms with van der Waals surface area (Å²) in [5.74, 6) is 3.34. The van der Waals surface area contributed by atoms with Crippen LogP contribution < -0.4 is 10.1 Å². The first-order chi connectivity index (χ1) is 8.73. The SMILES string of the molecule is C#CCOc1ccccc1CNCC1(C)COC1. The maximum Gasteiger partial charge on any atom is 0.148 e. The number of terminal acetylenes is 1. The molecule has 0 unspecified atom stereocenters. The fraction of sp³-hybridized carbons (Fsp3) is 0.467. The lowest BCUT2D eigenvalue weighted by atomic mass is 9.89. The molecule has 96 valence electrons. The van der Waals surface area contributed by atoms with Crippen LogP contribution in [0, 0.1) is 17.8 Å². The molecular formula is C15H19NO2. The number of benzene rings is 1. The highest BCUT2D eigenvalue weighted by molar-refractivity contribution is 5.33. The van der Waals surface area contributed by atoms with Gasteiger partial charge in [-0.2, -0.15) is 0 Å². The summed E-state index contributed by atoms with van der Waals surface area (Å²) < 4.78 is 10.7. The minimum Gasteiger partial charge on any atom is -0.481 e. The molecule has 1 heterocycles. The molecule has 0 spiro atoms. The molecule has 0 amide bonds. The third-order valence-electron chi connectivity index (χ3n) is 3.05. The molecule has 1 aromatic carbocycles. The molecule has 1 aliphatic rings. The molecule has 3 nitrogen and oxygen atoms in total. The van der Waals surface area contributed by atoms with Gasteiger partial charge in [-0.3, -0.25) is 0 Å². The molecule has 1 N–H and O–H groups in total. The second-order valence-electron chi connectivity index (χ2n) is 5.01. The number of hydrogen-bond donors (Lipinski definition) is 1. The maximum absolute atomic E-state index is 5.51. The van der Waals surface area contributed by atoms with Crippen LogP contribution in [0.3, 0.4) is 0 Å². The summed E-state index contributed by atoms with van der Waals surface area (Å²) in [4.78, 5) is 0. The minimum atomic E-state index is 0.286. The van der Waals surface area contributed by atoms with Crippen molar-refractivity contribution in [1.82, 2.24) is 5.32 Å². The van der Waals surface area contributed by atoms with Gasteiger partial charge in [-0.25, -0.2) is 0 Å². The molecule has 0 saturated carbocycles. The summed E-state index contributed by atoms with van der Waals surface area (Å²) in [5.41, 5.74) is 1.42. The average molecular weight is 245 g/mol. The summed E-state index contributed by atoms with van der Waals surface area (Å²) in [6, 6.07) is 7.96. The Hall–Kier alpha value is -1.50. The van der Waals surface area contributed by atoms with Crippen molar-refractivity contribution in [3.8, 4) is 18.1 Å². The van der Waals surface area contributed by atoms with E-state index in [1.165, 1.54) is 0 Å². The minimum absolute atomic E-state index is 0.286. The van der Waals surface area contributed by atoms with E-state index in [2.05, 4.69) is 24.2 Å². The van der Waals surface area contributed by atoms with Crippen molar-refractivity contribution < 1.29 is 9.47 Å².